The standard InChI is InChI=1S/C22H14N2O/c25-22-19-7-2-1-6-17(19)18-10-9-15(11-20(18)22)23-12-14-13-24-21-8-4-3-5-16(14)21/h1-13,24H. The summed E-state index contributed by atoms with van der Waals surface area (Å²) >= 11 is 0. The first-order valence-electron chi connectivity index (χ1n) is 8.19. The van der Waals surface area contributed by atoms with Crippen LogP contribution in [0.15, 0.2) is 77.9 Å². The maximum atomic E-state index is 12.6. The summed E-state index contributed by atoms with van der Waals surface area (Å²) in [6, 6.07) is 21.7. The van der Waals surface area contributed by atoms with Gasteiger partial charge in [-0.15, -0.1) is 0 Å². The maximum Gasteiger partial charge on any atom is 0.194 e. The predicted molar refractivity (Wildman–Crippen MR) is 101 cm³/mol. The zero-order valence-electron chi connectivity index (χ0n) is 13.4. The number of nitrogens with zero attached hydrogens (tertiary/aromatic N) is 1. The Morgan fingerprint density at radius 1 is 0.800 bits per heavy atom. The van der Waals surface area contributed by atoms with Crippen molar-refractivity contribution < 1.29 is 4.79 Å². The number of carbonyl (C=O) groups excluding carboxylic acids is 1. The van der Waals surface area contributed by atoms with Crippen LogP contribution in [0.5, 0.6) is 0 Å². The Balaban J connectivity index is 1.54. The zero-order valence-corrected chi connectivity index (χ0v) is 13.4. The van der Waals surface area contributed by atoms with E-state index in [-0.39, 0.29) is 5.78 Å². The van der Waals surface area contributed by atoms with Crippen LogP contribution in [0.2, 0.25) is 0 Å². The number of aromatic amines is 1. The summed E-state index contributed by atoms with van der Waals surface area (Å²) in [5.41, 5.74) is 6.41. The lowest BCUT2D eigenvalue weighted by Crippen LogP contribution is -1.94. The smallest absolute Gasteiger partial charge is 0.194 e. The molecule has 0 unspecified atom stereocenters. The molecule has 118 valence electrons. The fraction of sp³-hybridized carbons (Fsp3) is 0. The molecule has 0 radical (unpaired) electrons. The van der Waals surface area contributed by atoms with Gasteiger partial charge in [-0.3, -0.25) is 9.79 Å². The summed E-state index contributed by atoms with van der Waals surface area (Å²) in [4.78, 5) is 20.4. The van der Waals surface area contributed by atoms with E-state index in [0.717, 1.165) is 44.4 Å². The highest BCUT2D eigenvalue weighted by Crippen LogP contribution is 2.38. The molecule has 1 aliphatic carbocycles. The molecule has 4 aromatic rings. The summed E-state index contributed by atoms with van der Waals surface area (Å²) in [7, 11) is 0. The van der Waals surface area contributed by atoms with Gasteiger partial charge in [0.05, 0.1) is 5.69 Å². The lowest BCUT2D eigenvalue weighted by Gasteiger charge is -2.00. The molecular weight excluding hydrogens is 308 g/mol. The van der Waals surface area contributed by atoms with Gasteiger partial charge in [0.1, 0.15) is 0 Å². The number of nitrogens with one attached hydrogen (secondary N) is 1. The first-order valence-corrected chi connectivity index (χ1v) is 8.19. The number of carbonyl (C=O) groups is 1. The lowest BCUT2D eigenvalue weighted by atomic mass is 10.1. The van der Waals surface area contributed by atoms with E-state index in [1.54, 1.807) is 0 Å². The van der Waals surface area contributed by atoms with E-state index in [0.29, 0.717) is 0 Å². The van der Waals surface area contributed by atoms with Crippen molar-refractivity contribution in [3.8, 4) is 11.1 Å². The summed E-state index contributed by atoms with van der Waals surface area (Å²) in [6.45, 7) is 0. The fourth-order valence-electron chi connectivity index (χ4n) is 3.44. The summed E-state index contributed by atoms with van der Waals surface area (Å²) in [5.74, 6) is 0.0785. The molecule has 0 saturated heterocycles. The molecule has 0 atom stereocenters. The molecule has 0 amide bonds. The summed E-state index contributed by atoms with van der Waals surface area (Å²) in [6.07, 6.45) is 3.79. The molecule has 0 fully saturated rings. The number of para-hydroxylation sites is 1. The van der Waals surface area contributed by atoms with Gasteiger partial charge in [-0.25, -0.2) is 0 Å². The molecule has 5 rings (SSSR count). The number of ketones is 1. The number of rotatable bonds is 2. The molecule has 3 nitrogen and oxygen atoms in total. The number of aromatic nitrogens is 1. The minimum Gasteiger partial charge on any atom is -0.361 e. The Bertz CT molecular complexity index is 1170. The minimum absolute atomic E-state index is 0.0785. The van der Waals surface area contributed by atoms with Gasteiger partial charge in [0.25, 0.3) is 0 Å². The third-order valence-corrected chi connectivity index (χ3v) is 4.68. The van der Waals surface area contributed by atoms with Gasteiger partial charge < -0.3 is 4.98 Å². The Labute approximate surface area is 144 Å². The zero-order chi connectivity index (χ0) is 16.8. The number of H-pyrrole nitrogens is 1. The Kier molecular flexibility index (Phi) is 2.94. The molecule has 0 saturated carbocycles. The number of fused-ring (bicyclic) bond motifs is 4. The normalized spacial score (nSPS) is 12.7. The number of aliphatic imine (C=N–C) groups is 1. The second-order valence-corrected chi connectivity index (χ2v) is 6.15. The van der Waals surface area contributed by atoms with E-state index in [2.05, 4.69) is 16.0 Å². The lowest BCUT2D eigenvalue weighted by molar-refractivity contribution is 0.104. The molecule has 1 N–H and O–H groups in total. The van der Waals surface area contributed by atoms with Crippen LogP contribution < -0.4 is 0 Å². The van der Waals surface area contributed by atoms with Crippen molar-refractivity contribution in [3.05, 3.63) is 89.6 Å². The van der Waals surface area contributed by atoms with Crippen molar-refractivity contribution in [2.75, 3.05) is 0 Å². The van der Waals surface area contributed by atoms with E-state index in [1.807, 2.05) is 73.1 Å². The van der Waals surface area contributed by atoms with E-state index >= 15 is 0 Å². The van der Waals surface area contributed by atoms with E-state index < -0.39 is 0 Å². The minimum atomic E-state index is 0.0785. The van der Waals surface area contributed by atoms with Gasteiger partial charge >= 0.3 is 0 Å². The van der Waals surface area contributed by atoms with Crippen LogP contribution in [0.4, 0.5) is 5.69 Å². The molecule has 3 heteroatoms. The quantitative estimate of drug-likeness (QED) is 0.450. The average molecular weight is 322 g/mol. The number of benzene rings is 3. The first kappa shape index (κ1) is 13.9. The number of hydrogen-bond acceptors (Lipinski definition) is 2. The monoisotopic (exact) mass is 322 g/mol. The molecule has 25 heavy (non-hydrogen) atoms. The summed E-state index contributed by atoms with van der Waals surface area (Å²) in [5, 5.41) is 1.14. The highest BCUT2D eigenvalue weighted by Gasteiger charge is 2.26. The van der Waals surface area contributed by atoms with Crippen molar-refractivity contribution >= 4 is 28.6 Å². The second kappa shape index (κ2) is 5.28. The largest absolute Gasteiger partial charge is 0.361 e. The third-order valence-electron chi connectivity index (χ3n) is 4.68. The molecule has 0 spiro atoms. The molecule has 0 aliphatic heterocycles. The Morgan fingerprint density at radius 2 is 1.56 bits per heavy atom. The predicted octanol–water partition coefficient (Wildman–Crippen LogP) is 5.13. The van der Waals surface area contributed by atoms with Crippen LogP contribution >= 0.6 is 0 Å². The van der Waals surface area contributed by atoms with E-state index in [1.165, 1.54) is 0 Å². The van der Waals surface area contributed by atoms with Crippen LogP contribution in [0, 0.1) is 0 Å². The second-order valence-electron chi connectivity index (χ2n) is 6.15. The molecule has 3 aromatic carbocycles. The number of hydrogen-bond donors (Lipinski definition) is 1. The SMILES string of the molecule is O=C1c2ccccc2-c2ccc(N=Cc3c[nH]c4ccccc34)cc21. The molecule has 1 aliphatic rings. The summed E-state index contributed by atoms with van der Waals surface area (Å²) < 4.78 is 0. The van der Waals surface area contributed by atoms with Gasteiger partial charge in [-0.1, -0.05) is 48.5 Å². The average Bonchev–Trinajstić information content (AvgIpc) is 3.20. The van der Waals surface area contributed by atoms with Gasteiger partial charge in [0, 0.05) is 40.0 Å². The highest BCUT2D eigenvalue weighted by molar-refractivity contribution is 6.22. The van der Waals surface area contributed by atoms with E-state index in [9.17, 15) is 4.79 Å². The van der Waals surface area contributed by atoms with E-state index in [4.69, 9.17) is 0 Å². The van der Waals surface area contributed by atoms with Crippen LogP contribution in [0.1, 0.15) is 21.5 Å². The van der Waals surface area contributed by atoms with Crippen LogP contribution in [-0.4, -0.2) is 17.0 Å². The van der Waals surface area contributed by atoms with Crippen LogP contribution in [-0.2, 0) is 0 Å². The van der Waals surface area contributed by atoms with Crippen LogP contribution in [0.25, 0.3) is 22.0 Å². The van der Waals surface area contributed by atoms with Gasteiger partial charge in [0.2, 0.25) is 0 Å². The van der Waals surface area contributed by atoms with Gasteiger partial charge in [0.15, 0.2) is 5.78 Å². The maximum absolute atomic E-state index is 12.6. The molecule has 1 aromatic heterocycles. The Hall–Kier alpha value is -3.46. The van der Waals surface area contributed by atoms with Gasteiger partial charge in [-0.2, -0.15) is 0 Å². The Morgan fingerprint density at radius 3 is 2.48 bits per heavy atom. The highest BCUT2D eigenvalue weighted by atomic mass is 16.1. The van der Waals surface area contributed by atoms with Crippen LogP contribution in [0.3, 0.4) is 0 Å². The topological polar surface area (TPSA) is 45.2 Å². The molecule has 1 heterocycles. The van der Waals surface area contributed by atoms with Crippen molar-refractivity contribution in [2.24, 2.45) is 4.99 Å². The van der Waals surface area contributed by atoms with Crippen molar-refractivity contribution in [1.82, 2.24) is 4.98 Å². The van der Waals surface area contributed by atoms with Crippen molar-refractivity contribution in [2.45, 2.75) is 0 Å². The van der Waals surface area contributed by atoms with Crippen molar-refractivity contribution in [1.29, 1.82) is 0 Å². The molecular formula is C22H14N2O. The third kappa shape index (κ3) is 2.13. The molecule has 0 bridgehead atoms. The van der Waals surface area contributed by atoms with Crippen molar-refractivity contribution in [3.63, 3.8) is 0 Å². The van der Waals surface area contributed by atoms with Gasteiger partial charge in [-0.05, 0) is 29.3 Å². The first-order chi connectivity index (χ1) is 12.3. The fourth-order valence-corrected chi connectivity index (χ4v) is 3.44.